The molecule has 0 radical (unpaired) electrons. The summed E-state index contributed by atoms with van der Waals surface area (Å²) in [5, 5.41) is 16.5. The standard InChI is InChI=1S/C21H17N3O4/c1-22-19-11-10-17(24(27)28)13-18(19)21(26)23-16-9-5-8-15(12-16)20(25)14-6-3-2-4-7-14/h2-13,22H,1H3,(H,23,26). The maximum absolute atomic E-state index is 12.7. The van der Waals surface area contributed by atoms with Gasteiger partial charge in [0.2, 0.25) is 0 Å². The highest BCUT2D eigenvalue weighted by molar-refractivity contribution is 6.11. The smallest absolute Gasteiger partial charge is 0.270 e. The summed E-state index contributed by atoms with van der Waals surface area (Å²) in [6.45, 7) is 0. The number of non-ortho nitro benzene ring substituents is 1. The van der Waals surface area contributed by atoms with Crippen LogP contribution in [0.4, 0.5) is 17.1 Å². The summed E-state index contributed by atoms with van der Waals surface area (Å²) in [5.74, 6) is -0.680. The van der Waals surface area contributed by atoms with Crippen LogP contribution >= 0.6 is 0 Å². The lowest BCUT2D eigenvalue weighted by Gasteiger charge is -2.11. The summed E-state index contributed by atoms with van der Waals surface area (Å²) in [6, 6.07) is 19.4. The Morgan fingerprint density at radius 1 is 0.893 bits per heavy atom. The highest BCUT2D eigenvalue weighted by Crippen LogP contribution is 2.23. The van der Waals surface area contributed by atoms with Crippen molar-refractivity contribution in [1.29, 1.82) is 0 Å². The second-order valence-electron chi connectivity index (χ2n) is 5.97. The fourth-order valence-electron chi connectivity index (χ4n) is 2.74. The third-order valence-corrected chi connectivity index (χ3v) is 4.15. The van der Waals surface area contributed by atoms with Gasteiger partial charge >= 0.3 is 0 Å². The van der Waals surface area contributed by atoms with Crippen molar-refractivity contribution in [1.82, 2.24) is 0 Å². The van der Waals surface area contributed by atoms with Crippen molar-refractivity contribution in [2.45, 2.75) is 0 Å². The normalized spacial score (nSPS) is 10.2. The molecule has 0 bridgehead atoms. The molecule has 0 heterocycles. The molecular formula is C21H17N3O4. The van der Waals surface area contributed by atoms with E-state index in [9.17, 15) is 19.7 Å². The number of benzene rings is 3. The highest BCUT2D eigenvalue weighted by Gasteiger charge is 2.17. The third kappa shape index (κ3) is 4.04. The minimum atomic E-state index is -0.560. The Bertz CT molecular complexity index is 1050. The quantitative estimate of drug-likeness (QED) is 0.383. The Labute approximate surface area is 161 Å². The maximum atomic E-state index is 12.7. The second-order valence-corrected chi connectivity index (χ2v) is 5.97. The number of amides is 1. The van der Waals surface area contributed by atoms with Crippen LogP contribution in [0.5, 0.6) is 0 Å². The Morgan fingerprint density at radius 3 is 2.29 bits per heavy atom. The molecule has 1 amide bonds. The molecule has 0 saturated carbocycles. The molecule has 28 heavy (non-hydrogen) atoms. The number of rotatable bonds is 6. The van der Waals surface area contributed by atoms with E-state index in [1.54, 1.807) is 55.6 Å². The third-order valence-electron chi connectivity index (χ3n) is 4.15. The van der Waals surface area contributed by atoms with Gasteiger partial charge < -0.3 is 10.6 Å². The number of carbonyl (C=O) groups is 2. The average Bonchev–Trinajstić information content (AvgIpc) is 2.73. The average molecular weight is 375 g/mol. The number of nitro groups is 1. The van der Waals surface area contributed by atoms with Gasteiger partial charge in [-0.3, -0.25) is 19.7 Å². The Kier molecular flexibility index (Phi) is 5.45. The number of anilines is 2. The molecule has 140 valence electrons. The molecule has 3 aromatic rings. The first-order valence-electron chi connectivity index (χ1n) is 8.47. The van der Waals surface area contributed by atoms with Crippen LogP contribution in [0.15, 0.2) is 72.8 Å². The van der Waals surface area contributed by atoms with Gasteiger partial charge in [-0.1, -0.05) is 42.5 Å². The van der Waals surface area contributed by atoms with Gasteiger partial charge in [0, 0.05) is 41.7 Å². The fourth-order valence-corrected chi connectivity index (χ4v) is 2.74. The van der Waals surface area contributed by atoms with Crippen molar-refractivity contribution in [2.24, 2.45) is 0 Å². The van der Waals surface area contributed by atoms with E-state index in [0.717, 1.165) is 0 Å². The molecule has 2 N–H and O–H groups in total. The molecule has 0 spiro atoms. The molecule has 0 aromatic heterocycles. The molecule has 0 aliphatic rings. The zero-order chi connectivity index (χ0) is 20.1. The summed E-state index contributed by atoms with van der Waals surface area (Å²) in [5.41, 5.74) is 1.80. The summed E-state index contributed by atoms with van der Waals surface area (Å²) in [6.07, 6.45) is 0. The summed E-state index contributed by atoms with van der Waals surface area (Å²) < 4.78 is 0. The number of hydrogen-bond acceptors (Lipinski definition) is 5. The van der Waals surface area contributed by atoms with Gasteiger partial charge in [0.25, 0.3) is 11.6 Å². The zero-order valence-corrected chi connectivity index (χ0v) is 15.0. The summed E-state index contributed by atoms with van der Waals surface area (Å²) in [4.78, 5) is 35.7. The van der Waals surface area contributed by atoms with Crippen LogP contribution in [0.25, 0.3) is 0 Å². The van der Waals surface area contributed by atoms with E-state index in [-0.39, 0.29) is 17.0 Å². The lowest BCUT2D eigenvalue weighted by atomic mass is 10.0. The van der Waals surface area contributed by atoms with Crippen LogP contribution in [0.1, 0.15) is 26.3 Å². The van der Waals surface area contributed by atoms with Gasteiger partial charge in [-0.05, 0) is 18.2 Å². The molecule has 0 aliphatic carbocycles. The lowest BCUT2D eigenvalue weighted by molar-refractivity contribution is -0.384. The maximum Gasteiger partial charge on any atom is 0.270 e. The molecular weight excluding hydrogens is 358 g/mol. The molecule has 3 aromatic carbocycles. The minimum Gasteiger partial charge on any atom is -0.387 e. The Hall–Kier alpha value is -4.00. The highest BCUT2D eigenvalue weighted by atomic mass is 16.6. The van der Waals surface area contributed by atoms with Gasteiger partial charge in [0.05, 0.1) is 10.5 Å². The number of nitrogens with zero attached hydrogens (tertiary/aromatic N) is 1. The Morgan fingerprint density at radius 2 is 1.61 bits per heavy atom. The molecule has 0 unspecified atom stereocenters. The number of nitrogens with one attached hydrogen (secondary N) is 2. The summed E-state index contributed by atoms with van der Waals surface area (Å²) in [7, 11) is 1.62. The molecule has 7 heteroatoms. The van der Waals surface area contributed by atoms with Gasteiger partial charge in [0.15, 0.2) is 5.78 Å². The van der Waals surface area contributed by atoms with E-state index in [1.165, 1.54) is 18.2 Å². The van der Waals surface area contributed by atoms with Gasteiger partial charge in [0.1, 0.15) is 0 Å². The largest absolute Gasteiger partial charge is 0.387 e. The molecule has 0 saturated heterocycles. The van der Waals surface area contributed by atoms with Gasteiger partial charge in [-0.2, -0.15) is 0 Å². The molecule has 0 aliphatic heterocycles. The van der Waals surface area contributed by atoms with Crippen LogP contribution in [0.3, 0.4) is 0 Å². The topological polar surface area (TPSA) is 101 Å². The van der Waals surface area contributed by atoms with E-state index in [0.29, 0.717) is 22.5 Å². The van der Waals surface area contributed by atoms with E-state index in [1.807, 2.05) is 6.07 Å². The predicted molar refractivity (Wildman–Crippen MR) is 107 cm³/mol. The van der Waals surface area contributed by atoms with Crippen molar-refractivity contribution in [3.63, 3.8) is 0 Å². The van der Waals surface area contributed by atoms with Gasteiger partial charge in [-0.15, -0.1) is 0 Å². The fraction of sp³-hybridized carbons (Fsp3) is 0.0476. The van der Waals surface area contributed by atoms with E-state index in [4.69, 9.17) is 0 Å². The second kappa shape index (κ2) is 8.13. The first-order chi connectivity index (χ1) is 13.5. The van der Waals surface area contributed by atoms with Crippen LogP contribution < -0.4 is 10.6 Å². The molecule has 0 atom stereocenters. The zero-order valence-electron chi connectivity index (χ0n) is 15.0. The molecule has 3 rings (SSSR count). The number of carbonyl (C=O) groups excluding carboxylic acids is 2. The summed E-state index contributed by atoms with van der Waals surface area (Å²) >= 11 is 0. The Balaban J connectivity index is 1.87. The number of nitro benzene ring substituents is 1. The van der Waals surface area contributed by atoms with E-state index >= 15 is 0 Å². The van der Waals surface area contributed by atoms with Gasteiger partial charge in [-0.25, -0.2) is 0 Å². The van der Waals surface area contributed by atoms with Crippen LogP contribution in [-0.4, -0.2) is 23.7 Å². The SMILES string of the molecule is CNc1ccc([N+](=O)[O-])cc1C(=O)Nc1cccc(C(=O)c2ccccc2)c1. The van der Waals surface area contributed by atoms with Crippen LogP contribution in [0.2, 0.25) is 0 Å². The number of ketones is 1. The monoisotopic (exact) mass is 375 g/mol. The lowest BCUT2D eigenvalue weighted by Crippen LogP contribution is -2.15. The van der Waals surface area contributed by atoms with E-state index in [2.05, 4.69) is 10.6 Å². The number of hydrogen-bond donors (Lipinski definition) is 2. The van der Waals surface area contributed by atoms with Crippen molar-refractivity contribution in [3.8, 4) is 0 Å². The van der Waals surface area contributed by atoms with Crippen LogP contribution in [0, 0.1) is 10.1 Å². The van der Waals surface area contributed by atoms with Crippen molar-refractivity contribution in [2.75, 3.05) is 17.7 Å². The molecule has 7 nitrogen and oxygen atoms in total. The first kappa shape index (κ1) is 18.8. The predicted octanol–water partition coefficient (Wildman–Crippen LogP) is 4.12. The van der Waals surface area contributed by atoms with Crippen molar-refractivity contribution >= 4 is 28.8 Å². The van der Waals surface area contributed by atoms with E-state index < -0.39 is 10.8 Å². The first-order valence-corrected chi connectivity index (χ1v) is 8.47. The van der Waals surface area contributed by atoms with Crippen molar-refractivity contribution < 1.29 is 14.5 Å². The van der Waals surface area contributed by atoms with Crippen molar-refractivity contribution in [3.05, 3.63) is 99.6 Å². The minimum absolute atomic E-state index is 0.136. The van der Waals surface area contributed by atoms with Crippen LogP contribution in [-0.2, 0) is 0 Å². The molecule has 0 fully saturated rings.